The van der Waals surface area contributed by atoms with Crippen LogP contribution in [-0.2, 0) is 19.6 Å². The first kappa shape index (κ1) is 26.0. The van der Waals surface area contributed by atoms with Gasteiger partial charge in [-0.3, -0.25) is 4.79 Å². The largest absolute Gasteiger partial charge is 0.483 e. The minimum Gasteiger partial charge on any atom is -0.483 e. The number of aldehydes is 1. The molecule has 2 N–H and O–H groups in total. The van der Waals surface area contributed by atoms with Gasteiger partial charge in [-0.25, -0.2) is 21.9 Å². The van der Waals surface area contributed by atoms with Crippen LogP contribution in [0.25, 0.3) is 0 Å². The number of hydrogen-bond donors (Lipinski definition) is 2. The Morgan fingerprint density at radius 2 is 1.91 bits per heavy atom. The maximum Gasteiger partial charge on any atom is 0.214 e. The zero-order chi connectivity index (χ0) is 24.0. The summed E-state index contributed by atoms with van der Waals surface area (Å²) in [5, 5.41) is 2.87. The molecule has 33 heavy (non-hydrogen) atoms. The summed E-state index contributed by atoms with van der Waals surface area (Å²) in [5.74, 6) is -1.62. The van der Waals surface area contributed by atoms with Crippen molar-refractivity contribution in [3.63, 3.8) is 0 Å². The summed E-state index contributed by atoms with van der Waals surface area (Å²) in [5.41, 5.74) is 0.449. The molecule has 2 atom stereocenters. The molecule has 1 saturated carbocycles. The van der Waals surface area contributed by atoms with E-state index >= 15 is 0 Å². The van der Waals surface area contributed by atoms with Crippen LogP contribution in [0.15, 0.2) is 12.1 Å². The molecule has 1 heterocycles. The summed E-state index contributed by atoms with van der Waals surface area (Å²) < 4.78 is 66.9. The van der Waals surface area contributed by atoms with Crippen LogP contribution in [-0.4, -0.2) is 57.9 Å². The first-order valence-corrected chi connectivity index (χ1v) is 13.2. The van der Waals surface area contributed by atoms with Gasteiger partial charge in [-0.2, -0.15) is 0 Å². The molecule has 0 spiro atoms. The molecular formula is C23H34F2N2O5S. The van der Waals surface area contributed by atoms with Crippen molar-refractivity contribution in [2.75, 3.05) is 19.8 Å². The van der Waals surface area contributed by atoms with Crippen molar-refractivity contribution in [1.82, 2.24) is 10.0 Å². The molecule has 0 bridgehead atoms. The predicted molar refractivity (Wildman–Crippen MR) is 121 cm³/mol. The standard InChI is InChI=1S/C23H34F2N2O5S/c1-15(2)33(29,30)27-21-4-3-9-26-22(21)14-32-18-7-5-16(6-8-18)19-12-17(24)13-20(25)23(19)31-11-10-28/h10,12-13,15-16,18,21-22,26-27H,3-9,11,14H2,1-2H3/t16-,18+,21-,22-/m0/s1. The number of sulfonamides is 1. The molecule has 7 nitrogen and oxygen atoms in total. The zero-order valence-electron chi connectivity index (χ0n) is 19.2. The summed E-state index contributed by atoms with van der Waals surface area (Å²) in [6.45, 7) is 4.23. The minimum atomic E-state index is -3.37. The van der Waals surface area contributed by atoms with Crippen LogP contribution < -0.4 is 14.8 Å². The Bertz CT molecular complexity index is 904. The topological polar surface area (TPSA) is 93.7 Å². The fourth-order valence-corrected chi connectivity index (χ4v) is 5.53. The fraction of sp³-hybridized carbons (Fsp3) is 0.696. The van der Waals surface area contributed by atoms with Gasteiger partial charge >= 0.3 is 0 Å². The SMILES string of the molecule is CC(C)S(=O)(=O)N[C@H]1CCCN[C@H]1CO[C@H]1CC[C@@H](c2cc(F)cc(F)c2OCC=O)CC1. The number of benzene rings is 1. The van der Waals surface area contributed by atoms with E-state index in [0.29, 0.717) is 44.1 Å². The normalized spacial score (nSPS) is 26.3. The second-order valence-electron chi connectivity index (χ2n) is 9.11. The van der Waals surface area contributed by atoms with E-state index in [-0.39, 0.29) is 36.5 Å². The molecular weight excluding hydrogens is 454 g/mol. The van der Waals surface area contributed by atoms with Crippen molar-refractivity contribution in [3.05, 3.63) is 29.3 Å². The van der Waals surface area contributed by atoms with E-state index in [2.05, 4.69) is 10.0 Å². The third kappa shape index (κ3) is 6.94. The van der Waals surface area contributed by atoms with Gasteiger partial charge in [0.15, 0.2) is 17.9 Å². The summed E-state index contributed by atoms with van der Waals surface area (Å²) in [6.07, 6.45) is 4.95. The van der Waals surface area contributed by atoms with Crippen molar-refractivity contribution in [1.29, 1.82) is 0 Å². The van der Waals surface area contributed by atoms with Crippen molar-refractivity contribution in [2.24, 2.45) is 0 Å². The Morgan fingerprint density at radius 3 is 2.58 bits per heavy atom. The Kier molecular flexibility index (Phi) is 9.20. The summed E-state index contributed by atoms with van der Waals surface area (Å²) >= 11 is 0. The highest BCUT2D eigenvalue weighted by Gasteiger charge is 2.32. The average Bonchev–Trinajstić information content (AvgIpc) is 2.77. The number of rotatable bonds is 10. The Labute approximate surface area is 194 Å². The van der Waals surface area contributed by atoms with Gasteiger partial charge in [0.05, 0.1) is 18.0 Å². The predicted octanol–water partition coefficient (Wildman–Crippen LogP) is 3.03. The summed E-state index contributed by atoms with van der Waals surface area (Å²) in [6, 6.07) is 1.73. The minimum absolute atomic E-state index is 0.00918. The highest BCUT2D eigenvalue weighted by Crippen LogP contribution is 2.40. The van der Waals surface area contributed by atoms with Gasteiger partial charge in [0, 0.05) is 23.7 Å². The third-order valence-corrected chi connectivity index (χ3v) is 8.35. The van der Waals surface area contributed by atoms with Crippen LogP contribution >= 0.6 is 0 Å². The van der Waals surface area contributed by atoms with Crippen LogP contribution in [0.4, 0.5) is 8.78 Å². The molecule has 1 aliphatic heterocycles. The maximum atomic E-state index is 14.2. The van der Waals surface area contributed by atoms with Crippen molar-refractivity contribution in [3.8, 4) is 5.75 Å². The van der Waals surface area contributed by atoms with Gasteiger partial charge < -0.3 is 14.8 Å². The van der Waals surface area contributed by atoms with E-state index in [9.17, 15) is 22.0 Å². The number of halogens is 2. The molecule has 1 saturated heterocycles. The quantitative estimate of drug-likeness (QED) is 0.492. The second-order valence-corrected chi connectivity index (χ2v) is 11.4. The van der Waals surface area contributed by atoms with Crippen molar-refractivity contribution < 1.29 is 31.5 Å². The second kappa shape index (κ2) is 11.7. The van der Waals surface area contributed by atoms with Crippen molar-refractivity contribution >= 4 is 16.3 Å². The van der Waals surface area contributed by atoms with E-state index in [4.69, 9.17) is 9.47 Å². The monoisotopic (exact) mass is 488 g/mol. The van der Waals surface area contributed by atoms with Gasteiger partial charge in [-0.1, -0.05) is 0 Å². The lowest BCUT2D eigenvalue weighted by Gasteiger charge is -2.35. The van der Waals surface area contributed by atoms with Crippen LogP contribution in [0, 0.1) is 11.6 Å². The highest BCUT2D eigenvalue weighted by molar-refractivity contribution is 7.90. The number of ether oxygens (including phenoxy) is 2. The van der Waals surface area contributed by atoms with Crippen LogP contribution in [0.3, 0.4) is 0 Å². The number of piperidine rings is 1. The van der Waals surface area contributed by atoms with Gasteiger partial charge in [0.25, 0.3) is 0 Å². The molecule has 0 unspecified atom stereocenters. The molecule has 2 aliphatic rings. The first-order valence-electron chi connectivity index (χ1n) is 11.6. The molecule has 0 amide bonds. The van der Waals surface area contributed by atoms with Gasteiger partial charge in [0.1, 0.15) is 12.4 Å². The Balaban J connectivity index is 1.56. The Hall–Kier alpha value is -1.62. The highest BCUT2D eigenvalue weighted by atomic mass is 32.2. The van der Waals surface area contributed by atoms with E-state index in [1.54, 1.807) is 13.8 Å². The number of nitrogens with one attached hydrogen (secondary N) is 2. The zero-order valence-corrected chi connectivity index (χ0v) is 20.0. The van der Waals surface area contributed by atoms with Gasteiger partial charge in [0.2, 0.25) is 10.0 Å². The molecule has 1 aliphatic carbocycles. The lowest BCUT2D eigenvalue weighted by Crippen LogP contribution is -2.56. The molecule has 10 heteroatoms. The molecule has 1 aromatic rings. The molecule has 186 valence electrons. The van der Waals surface area contributed by atoms with Crippen molar-refractivity contribution in [2.45, 2.75) is 81.7 Å². The number of carbonyl (C=O) groups is 1. The lowest BCUT2D eigenvalue weighted by molar-refractivity contribution is -0.109. The smallest absolute Gasteiger partial charge is 0.214 e. The Morgan fingerprint density at radius 1 is 1.18 bits per heavy atom. The van der Waals surface area contributed by atoms with Gasteiger partial charge in [-0.15, -0.1) is 0 Å². The number of hydrogen-bond acceptors (Lipinski definition) is 6. The molecule has 0 radical (unpaired) electrons. The van der Waals surface area contributed by atoms with E-state index in [1.165, 1.54) is 6.07 Å². The van der Waals surface area contributed by atoms with Crippen LogP contribution in [0.1, 0.15) is 63.9 Å². The molecule has 0 aromatic heterocycles. The van der Waals surface area contributed by atoms with E-state index in [1.807, 2.05) is 0 Å². The summed E-state index contributed by atoms with van der Waals surface area (Å²) in [7, 11) is -3.37. The lowest BCUT2D eigenvalue weighted by atomic mass is 9.82. The van der Waals surface area contributed by atoms with E-state index in [0.717, 1.165) is 25.5 Å². The fourth-order valence-electron chi connectivity index (χ4n) is 4.55. The first-order chi connectivity index (χ1) is 15.7. The molecule has 1 aromatic carbocycles. The number of carbonyl (C=O) groups excluding carboxylic acids is 1. The average molecular weight is 489 g/mol. The maximum absolute atomic E-state index is 14.2. The van der Waals surface area contributed by atoms with Crippen LogP contribution in [0.5, 0.6) is 5.75 Å². The van der Waals surface area contributed by atoms with Crippen LogP contribution in [0.2, 0.25) is 0 Å². The van der Waals surface area contributed by atoms with E-state index < -0.39 is 26.9 Å². The molecule has 2 fully saturated rings. The van der Waals surface area contributed by atoms with Gasteiger partial charge in [-0.05, 0) is 70.9 Å². The third-order valence-electron chi connectivity index (χ3n) is 6.48. The molecule has 3 rings (SSSR count). The summed E-state index contributed by atoms with van der Waals surface area (Å²) in [4.78, 5) is 10.6.